The number of nitrogens with zero attached hydrogens (tertiary/aromatic N) is 3. The second-order valence-electron chi connectivity index (χ2n) is 8.39. The van der Waals surface area contributed by atoms with Crippen molar-refractivity contribution in [2.45, 2.75) is 26.3 Å². The van der Waals surface area contributed by atoms with Crippen LogP contribution in [0, 0.1) is 29.8 Å². The summed E-state index contributed by atoms with van der Waals surface area (Å²) in [6.45, 7) is 4.44. The number of halogens is 2. The number of imide groups is 1. The predicted octanol–water partition coefficient (Wildman–Crippen LogP) is 4.44. The minimum Gasteiger partial charge on any atom is -0.319 e. The number of nitrogens with one attached hydrogen (secondary N) is 1. The van der Waals surface area contributed by atoms with E-state index in [4.69, 9.17) is 11.6 Å². The maximum atomic E-state index is 13.6. The van der Waals surface area contributed by atoms with Gasteiger partial charge in [0.05, 0.1) is 16.5 Å². The maximum absolute atomic E-state index is 13.6. The number of non-ortho nitro benzene ring substituents is 1. The van der Waals surface area contributed by atoms with Gasteiger partial charge in [0, 0.05) is 34.8 Å². The first kappa shape index (κ1) is 24.1. The first-order chi connectivity index (χ1) is 16.4. The molecule has 2 heterocycles. The molecular formula is C24H20ClFN4O5. The lowest BCUT2D eigenvalue weighted by Gasteiger charge is -2.22. The van der Waals surface area contributed by atoms with Crippen molar-refractivity contribution < 1.29 is 23.7 Å². The third kappa shape index (κ3) is 4.06. The fraction of sp³-hybridized carbons (Fsp3) is 0.208. The number of benzene rings is 2. The molecule has 0 bridgehead atoms. The van der Waals surface area contributed by atoms with E-state index >= 15 is 0 Å². The SMILES string of the molecule is Cc1cc(C(=O)CN2C(=O)NC(C)(c3ccc([N+](=O)[O-])cc3)C2=O)c(C)n1-c1ccc(F)c(Cl)c1. The summed E-state index contributed by atoms with van der Waals surface area (Å²) < 4.78 is 15.3. The highest BCUT2D eigenvalue weighted by molar-refractivity contribution is 6.30. The summed E-state index contributed by atoms with van der Waals surface area (Å²) in [5, 5.41) is 13.4. The van der Waals surface area contributed by atoms with Crippen LogP contribution in [0.1, 0.15) is 34.2 Å². The number of urea groups is 1. The third-order valence-corrected chi connectivity index (χ3v) is 6.41. The lowest BCUT2D eigenvalue weighted by atomic mass is 9.92. The van der Waals surface area contributed by atoms with E-state index in [0.29, 0.717) is 28.2 Å². The minimum absolute atomic E-state index is 0.0623. The fourth-order valence-corrected chi connectivity index (χ4v) is 4.42. The molecule has 3 amide bonds. The van der Waals surface area contributed by atoms with Crippen molar-refractivity contribution >= 4 is 35.0 Å². The number of carbonyl (C=O) groups is 3. The van der Waals surface area contributed by atoms with Crippen molar-refractivity contribution in [1.82, 2.24) is 14.8 Å². The summed E-state index contributed by atoms with van der Waals surface area (Å²) in [7, 11) is 0. The van der Waals surface area contributed by atoms with Crippen LogP contribution in [0.5, 0.6) is 0 Å². The lowest BCUT2D eigenvalue weighted by molar-refractivity contribution is -0.384. The molecule has 1 unspecified atom stereocenters. The molecule has 1 N–H and O–H groups in total. The molecule has 0 saturated carbocycles. The summed E-state index contributed by atoms with van der Waals surface area (Å²) in [4.78, 5) is 50.1. The molecule has 0 spiro atoms. The Morgan fingerprint density at radius 3 is 2.40 bits per heavy atom. The van der Waals surface area contributed by atoms with Crippen molar-refractivity contribution in [3.8, 4) is 5.69 Å². The van der Waals surface area contributed by atoms with Gasteiger partial charge in [-0.25, -0.2) is 9.18 Å². The van der Waals surface area contributed by atoms with Gasteiger partial charge >= 0.3 is 6.03 Å². The average Bonchev–Trinajstić information content (AvgIpc) is 3.23. The van der Waals surface area contributed by atoms with Crippen molar-refractivity contribution in [3.05, 3.63) is 92.0 Å². The van der Waals surface area contributed by atoms with E-state index in [1.807, 2.05) is 0 Å². The highest BCUT2D eigenvalue weighted by atomic mass is 35.5. The van der Waals surface area contributed by atoms with E-state index in [9.17, 15) is 28.9 Å². The number of rotatable bonds is 6. The van der Waals surface area contributed by atoms with Gasteiger partial charge in [-0.2, -0.15) is 0 Å². The molecule has 1 aliphatic heterocycles. The molecule has 35 heavy (non-hydrogen) atoms. The van der Waals surface area contributed by atoms with Gasteiger partial charge in [-0.3, -0.25) is 24.6 Å². The van der Waals surface area contributed by atoms with Crippen LogP contribution in [-0.2, 0) is 10.3 Å². The number of aryl methyl sites for hydroxylation is 1. The molecule has 4 rings (SSSR count). The second kappa shape index (κ2) is 8.62. The number of aromatic nitrogens is 1. The Balaban J connectivity index is 1.59. The first-order valence-corrected chi connectivity index (χ1v) is 10.9. The van der Waals surface area contributed by atoms with E-state index in [1.54, 1.807) is 24.5 Å². The molecule has 3 aromatic rings. The smallest absolute Gasteiger partial charge is 0.319 e. The molecule has 11 heteroatoms. The van der Waals surface area contributed by atoms with Crippen molar-refractivity contribution in [2.24, 2.45) is 0 Å². The predicted molar refractivity (Wildman–Crippen MR) is 125 cm³/mol. The van der Waals surface area contributed by atoms with Crippen LogP contribution in [0.3, 0.4) is 0 Å². The molecule has 0 radical (unpaired) electrons. The number of carbonyl (C=O) groups excluding carboxylic acids is 3. The van der Waals surface area contributed by atoms with E-state index in [-0.39, 0.29) is 10.7 Å². The van der Waals surface area contributed by atoms with Crippen LogP contribution in [0.15, 0.2) is 48.5 Å². The Hall–Kier alpha value is -4.05. The third-order valence-electron chi connectivity index (χ3n) is 6.13. The molecule has 2 aromatic carbocycles. The minimum atomic E-state index is -1.48. The van der Waals surface area contributed by atoms with Gasteiger partial charge in [0.25, 0.3) is 11.6 Å². The topological polar surface area (TPSA) is 115 Å². The molecule has 1 aliphatic rings. The number of hydrogen-bond donors (Lipinski definition) is 1. The Morgan fingerprint density at radius 1 is 1.14 bits per heavy atom. The van der Waals surface area contributed by atoms with Gasteiger partial charge in [-0.15, -0.1) is 0 Å². The Labute approximate surface area is 204 Å². The van der Waals surface area contributed by atoms with E-state index in [1.165, 1.54) is 49.4 Å². The molecule has 0 aliphatic carbocycles. The van der Waals surface area contributed by atoms with Crippen molar-refractivity contribution in [3.63, 3.8) is 0 Å². The number of nitro benzene ring substituents is 1. The standard InChI is InChI=1S/C24H20ClFN4O5/c1-13-10-18(14(2)29(13)17-8-9-20(26)19(25)11-17)21(31)12-28-22(32)24(3,27-23(28)33)15-4-6-16(7-5-15)30(34)35/h4-11H,12H2,1-3H3,(H,27,33). The van der Waals surface area contributed by atoms with Gasteiger partial charge in [0.15, 0.2) is 5.78 Å². The second-order valence-corrected chi connectivity index (χ2v) is 8.80. The summed E-state index contributed by atoms with van der Waals surface area (Å²) in [5.41, 5.74) is 0.802. The zero-order valence-corrected chi connectivity index (χ0v) is 19.7. The summed E-state index contributed by atoms with van der Waals surface area (Å²) in [6, 6.07) is 10.3. The van der Waals surface area contributed by atoms with E-state index in [0.717, 1.165) is 4.90 Å². The zero-order valence-electron chi connectivity index (χ0n) is 19.0. The molecule has 1 fully saturated rings. The highest BCUT2D eigenvalue weighted by Gasteiger charge is 2.49. The largest absolute Gasteiger partial charge is 0.325 e. The van der Waals surface area contributed by atoms with Crippen LogP contribution >= 0.6 is 11.6 Å². The molecular weight excluding hydrogens is 479 g/mol. The van der Waals surface area contributed by atoms with Crippen LogP contribution in [0.2, 0.25) is 5.02 Å². The molecule has 9 nitrogen and oxygen atoms in total. The van der Waals surface area contributed by atoms with Crippen LogP contribution < -0.4 is 5.32 Å². The maximum Gasteiger partial charge on any atom is 0.325 e. The van der Waals surface area contributed by atoms with Crippen LogP contribution in [-0.4, -0.2) is 38.7 Å². The van der Waals surface area contributed by atoms with Crippen LogP contribution in [0.4, 0.5) is 14.9 Å². The van der Waals surface area contributed by atoms with Gasteiger partial charge in [-0.1, -0.05) is 11.6 Å². The molecule has 1 saturated heterocycles. The Kier molecular flexibility index (Phi) is 5.93. The monoisotopic (exact) mass is 498 g/mol. The average molecular weight is 499 g/mol. The molecule has 1 aromatic heterocycles. The number of hydrogen-bond acceptors (Lipinski definition) is 5. The number of amides is 3. The lowest BCUT2D eigenvalue weighted by Crippen LogP contribution is -2.41. The summed E-state index contributed by atoms with van der Waals surface area (Å²) in [6.07, 6.45) is 0. The normalized spacial score (nSPS) is 17.6. The van der Waals surface area contributed by atoms with Gasteiger partial charge < -0.3 is 9.88 Å². The first-order valence-electron chi connectivity index (χ1n) is 10.5. The van der Waals surface area contributed by atoms with Gasteiger partial charge in [-0.05, 0) is 62.7 Å². The number of ketones is 1. The van der Waals surface area contributed by atoms with Crippen molar-refractivity contribution in [2.75, 3.05) is 6.54 Å². The van der Waals surface area contributed by atoms with E-state index in [2.05, 4.69) is 5.32 Å². The highest BCUT2D eigenvalue weighted by Crippen LogP contribution is 2.31. The fourth-order valence-electron chi connectivity index (χ4n) is 4.25. The quantitative estimate of drug-likeness (QED) is 0.233. The number of Topliss-reactive ketones (excluding diaryl/α,β-unsaturated/α-hetero) is 1. The van der Waals surface area contributed by atoms with Gasteiger partial charge in [0.1, 0.15) is 11.4 Å². The van der Waals surface area contributed by atoms with Gasteiger partial charge in [0.2, 0.25) is 0 Å². The summed E-state index contributed by atoms with van der Waals surface area (Å²) in [5.74, 6) is -1.68. The van der Waals surface area contributed by atoms with Crippen molar-refractivity contribution in [1.29, 1.82) is 0 Å². The number of nitro groups is 1. The molecule has 180 valence electrons. The Bertz CT molecular complexity index is 1400. The zero-order chi connectivity index (χ0) is 25.7. The molecule has 1 atom stereocenters. The van der Waals surface area contributed by atoms with E-state index < -0.39 is 40.5 Å². The Morgan fingerprint density at radius 2 is 1.80 bits per heavy atom. The summed E-state index contributed by atoms with van der Waals surface area (Å²) >= 11 is 5.91. The van der Waals surface area contributed by atoms with Crippen LogP contribution in [0.25, 0.3) is 5.69 Å².